The number of halogens is 2. The molecular formula is C21H24BrClN2O3. The molecule has 1 heterocycles. The lowest BCUT2D eigenvalue weighted by Crippen LogP contribution is -2.49. The summed E-state index contributed by atoms with van der Waals surface area (Å²) in [6.45, 7) is 1.64. The molecule has 0 spiro atoms. The molecule has 150 valence electrons. The molecule has 2 aromatic rings. The number of ether oxygens (including phenoxy) is 1. The van der Waals surface area contributed by atoms with Crippen molar-refractivity contribution in [3.8, 4) is 5.75 Å². The molecule has 0 aromatic heterocycles. The molecule has 28 heavy (non-hydrogen) atoms. The molecule has 7 heteroatoms. The van der Waals surface area contributed by atoms with Gasteiger partial charge in [-0.05, 0) is 65.0 Å². The van der Waals surface area contributed by atoms with Crippen LogP contribution in [0.4, 0.5) is 4.79 Å². The normalized spacial score (nSPS) is 16.0. The lowest BCUT2D eigenvalue weighted by atomic mass is 10.0. The van der Waals surface area contributed by atoms with Crippen LogP contribution in [0.1, 0.15) is 18.4 Å². The summed E-state index contributed by atoms with van der Waals surface area (Å²) < 4.78 is 6.98. The summed E-state index contributed by atoms with van der Waals surface area (Å²) >= 11 is 9.52. The monoisotopic (exact) mass is 466 g/mol. The first kappa shape index (κ1) is 21.0. The second-order valence-electron chi connectivity index (χ2n) is 6.98. The third kappa shape index (κ3) is 6.12. The number of piperidine rings is 1. The van der Waals surface area contributed by atoms with Crippen LogP contribution in [0.5, 0.6) is 5.75 Å². The molecular weight excluding hydrogens is 444 g/mol. The molecule has 0 radical (unpaired) electrons. The predicted octanol–water partition coefficient (Wildman–Crippen LogP) is 4.82. The second-order valence-corrected chi connectivity index (χ2v) is 8.27. The van der Waals surface area contributed by atoms with Crippen LogP contribution in [0.3, 0.4) is 0 Å². The Morgan fingerprint density at radius 1 is 1.21 bits per heavy atom. The van der Waals surface area contributed by atoms with E-state index < -0.39 is 6.09 Å². The highest BCUT2D eigenvalue weighted by Gasteiger charge is 2.24. The summed E-state index contributed by atoms with van der Waals surface area (Å²) in [6.07, 6.45) is 1.57. The van der Waals surface area contributed by atoms with Gasteiger partial charge in [0.2, 0.25) is 0 Å². The average Bonchev–Trinajstić information content (AvgIpc) is 2.69. The van der Waals surface area contributed by atoms with Crippen LogP contribution < -0.4 is 10.1 Å². The molecule has 1 saturated heterocycles. The molecule has 5 nitrogen and oxygen atoms in total. The number of benzene rings is 2. The smallest absolute Gasteiger partial charge is 0.407 e. The zero-order valence-electron chi connectivity index (χ0n) is 15.5. The molecule has 2 aromatic carbocycles. The number of para-hydroxylation sites is 1. The van der Waals surface area contributed by atoms with Gasteiger partial charge in [-0.1, -0.05) is 35.9 Å². The van der Waals surface area contributed by atoms with Gasteiger partial charge >= 0.3 is 6.09 Å². The van der Waals surface area contributed by atoms with Crippen LogP contribution in [0.25, 0.3) is 0 Å². The largest absolute Gasteiger partial charge is 0.491 e. The van der Waals surface area contributed by atoms with Gasteiger partial charge in [0, 0.05) is 30.2 Å². The lowest BCUT2D eigenvalue weighted by Gasteiger charge is -2.33. The molecule has 3 rings (SSSR count). The Labute approximate surface area is 178 Å². The quantitative estimate of drug-likeness (QED) is 0.612. The maximum Gasteiger partial charge on any atom is 0.407 e. The molecule has 0 bridgehead atoms. The van der Waals surface area contributed by atoms with E-state index in [1.54, 1.807) is 0 Å². The van der Waals surface area contributed by atoms with E-state index in [1.165, 1.54) is 10.5 Å². The fourth-order valence-electron chi connectivity index (χ4n) is 3.39. The third-order valence-electron chi connectivity index (χ3n) is 4.91. The maximum atomic E-state index is 11.1. The molecule has 1 fully saturated rings. The van der Waals surface area contributed by atoms with Gasteiger partial charge in [0.25, 0.3) is 0 Å². The van der Waals surface area contributed by atoms with E-state index in [2.05, 4.69) is 21.2 Å². The van der Waals surface area contributed by atoms with E-state index >= 15 is 0 Å². The minimum absolute atomic E-state index is 0.106. The Bertz CT molecular complexity index is 779. The Morgan fingerprint density at radius 3 is 2.54 bits per heavy atom. The van der Waals surface area contributed by atoms with Gasteiger partial charge in [-0.15, -0.1) is 0 Å². The zero-order chi connectivity index (χ0) is 19.9. The highest BCUT2D eigenvalue weighted by molar-refractivity contribution is 9.10. The van der Waals surface area contributed by atoms with Crippen molar-refractivity contribution in [3.63, 3.8) is 0 Å². The average molecular weight is 468 g/mol. The van der Waals surface area contributed by atoms with Gasteiger partial charge in [-0.25, -0.2) is 4.79 Å². The molecule has 1 aliphatic heterocycles. The standard InChI is InChI=1S/C21H24BrClN2O3/c22-19-3-1-2-4-20(19)28-14-18(13-15-5-7-16(23)8-6-15)24-17-9-11-25(12-10-17)21(26)27/h1-8,17-18,24H,9-14H2,(H,26,27)/t18-/m0/s1. The molecule has 1 aliphatic rings. The molecule has 1 amide bonds. The Kier molecular flexibility index (Phi) is 7.59. The van der Waals surface area contributed by atoms with Crippen molar-refractivity contribution in [2.45, 2.75) is 31.3 Å². The topological polar surface area (TPSA) is 61.8 Å². The number of nitrogens with zero attached hydrogens (tertiary/aromatic N) is 1. The first-order valence-corrected chi connectivity index (χ1v) is 10.5. The van der Waals surface area contributed by atoms with E-state index in [1.807, 2.05) is 48.5 Å². The molecule has 0 unspecified atom stereocenters. The molecule has 0 aliphatic carbocycles. The summed E-state index contributed by atoms with van der Waals surface area (Å²) in [6, 6.07) is 16.0. The van der Waals surface area contributed by atoms with E-state index in [4.69, 9.17) is 21.4 Å². The highest BCUT2D eigenvalue weighted by Crippen LogP contribution is 2.24. The number of rotatable bonds is 7. The van der Waals surface area contributed by atoms with Gasteiger partial charge < -0.3 is 20.1 Å². The van der Waals surface area contributed by atoms with Crippen LogP contribution in [0.15, 0.2) is 53.0 Å². The number of carboxylic acid groups (broad SMARTS) is 1. The first-order valence-electron chi connectivity index (χ1n) is 9.37. The molecule has 2 N–H and O–H groups in total. The minimum atomic E-state index is -0.839. The van der Waals surface area contributed by atoms with Gasteiger partial charge in [-0.2, -0.15) is 0 Å². The van der Waals surface area contributed by atoms with Crippen molar-refractivity contribution in [1.82, 2.24) is 10.2 Å². The highest BCUT2D eigenvalue weighted by atomic mass is 79.9. The number of likely N-dealkylation sites (tertiary alicyclic amines) is 1. The Morgan fingerprint density at radius 2 is 1.89 bits per heavy atom. The first-order chi connectivity index (χ1) is 13.5. The predicted molar refractivity (Wildman–Crippen MR) is 114 cm³/mol. The van der Waals surface area contributed by atoms with Crippen molar-refractivity contribution >= 4 is 33.6 Å². The fourth-order valence-corrected chi connectivity index (χ4v) is 3.92. The molecule has 1 atom stereocenters. The van der Waals surface area contributed by atoms with E-state index in [9.17, 15) is 4.79 Å². The SMILES string of the molecule is O=C(O)N1CCC(N[C@H](COc2ccccc2Br)Cc2ccc(Cl)cc2)CC1. The second kappa shape index (κ2) is 10.1. The minimum Gasteiger partial charge on any atom is -0.491 e. The van der Waals surface area contributed by atoms with Crippen LogP contribution in [-0.4, -0.2) is 47.9 Å². The lowest BCUT2D eigenvalue weighted by molar-refractivity contribution is 0.125. The Hall–Kier alpha value is -1.76. The van der Waals surface area contributed by atoms with Gasteiger partial charge in [-0.3, -0.25) is 0 Å². The summed E-state index contributed by atoms with van der Waals surface area (Å²) in [5.41, 5.74) is 1.18. The summed E-state index contributed by atoms with van der Waals surface area (Å²) in [5.74, 6) is 0.811. The van der Waals surface area contributed by atoms with Crippen LogP contribution in [-0.2, 0) is 6.42 Å². The fraction of sp³-hybridized carbons (Fsp3) is 0.381. The number of hydrogen-bond acceptors (Lipinski definition) is 3. The number of amides is 1. The van der Waals surface area contributed by atoms with Gasteiger partial charge in [0.1, 0.15) is 12.4 Å². The van der Waals surface area contributed by atoms with E-state index in [0.717, 1.165) is 34.5 Å². The van der Waals surface area contributed by atoms with Crippen molar-refractivity contribution in [1.29, 1.82) is 0 Å². The third-order valence-corrected chi connectivity index (χ3v) is 5.82. The maximum absolute atomic E-state index is 11.1. The van der Waals surface area contributed by atoms with Crippen LogP contribution >= 0.6 is 27.5 Å². The van der Waals surface area contributed by atoms with Gasteiger partial charge in [0.05, 0.1) is 4.47 Å². The number of hydrogen-bond donors (Lipinski definition) is 2. The van der Waals surface area contributed by atoms with E-state index in [-0.39, 0.29) is 12.1 Å². The molecule has 0 saturated carbocycles. The van der Waals surface area contributed by atoms with Crippen molar-refractivity contribution < 1.29 is 14.6 Å². The number of nitrogens with one attached hydrogen (secondary N) is 1. The summed E-state index contributed by atoms with van der Waals surface area (Å²) in [4.78, 5) is 12.6. The van der Waals surface area contributed by atoms with Gasteiger partial charge in [0.15, 0.2) is 0 Å². The summed E-state index contributed by atoms with van der Waals surface area (Å²) in [5, 5.41) is 13.5. The van der Waals surface area contributed by atoms with Crippen molar-refractivity contribution in [3.05, 3.63) is 63.6 Å². The van der Waals surface area contributed by atoms with Crippen LogP contribution in [0, 0.1) is 0 Å². The number of carbonyl (C=O) groups is 1. The van der Waals surface area contributed by atoms with Crippen LogP contribution in [0.2, 0.25) is 5.02 Å². The van der Waals surface area contributed by atoms with Crippen molar-refractivity contribution in [2.24, 2.45) is 0 Å². The summed E-state index contributed by atoms with van der Waals surface area (Å²) in [7, 11) is 0. The zero-order valence-corrected chi connectivity index (χ0v) is 17.8. The van der Waals surface area contributed by atoms with E-state index in [0.29, 0.717) is 19.7 Å². The van der Waals surface area contributed by atoms with Crippen molar-refractivity contribution in [2.75, 3.05) is 19.7 Å². The Balaban J connectivity index is 1.63.